The molecule has 1 aliphatic rings. The van der Waals surface area contributed by atoms with Gasteiger partial charge < -0.3 is 15.5 Å². The van der Waals surface area contributed by atoms with Gasteiger partial charge in [-0.3, -0.25) is 4.90 Å². The number of phenolic OH excluding ortho intramolecular Hbond substituents is 2. The van der Waals surface area contributed by atoms with Crippen molar-refractivity contribution in [3.8, 4) is 11.5 Å². The van der Waals surface area contributed by atoms with Gasteiger partial charge >= 0.3 is 0 Å². The van der Waals surface area contributed by atoms with Crippen molar-refractivity contribution in [1.29, 1.82) is 0 Å². The fraction of sp³-hybridized carbons (Fsp3) is 0.625. The van der Waals surface area contributed by atoms with Crippen molar-refractivity contribution in [2.75, 3.05) is 19.6 Å². The Bertz CT molecular complexity index is 430. The van der Waals surface area contributed by atoms with Crippen LogP contribution in [0.2, 0.25) is 0 Å². The minimum Gasteiger partial charge on any atom is -0.508 e. The van der Waals surface area contributed by atoms with Crippen LogP contribution in [-0.4, -0.2) is 40.8 Å². The van der Waals surface area contributed by atoms with E-state index in [-0.39, 0.29) is 17.5 Å². The highest BCUT2D eigenvalue weighted by atomic mass is 16.3. The molecule has 20 heavy (non-hydrogen) atoms. The zero-order valence-corrected chi connectivity index (χ0v) is 12.5. The monoisotopic (exact) mass is 278 g/mol. The molecular formula is C16H26N2O2. The number of rotatable bonds is 5. The highest BCUT2D eigenvalue weighted by Gasteiger charge is 2.18. The molecule has 1 heterocycles. The lowest BCUT2D eigenvalue weighted by atomic mass is 10.1. The van der Waals surface area contributed by atoms with Crippen LogP contribution in [0.5, 0.6) is 11.5 Å². The first-order valence-electron chi connectivity index (χ1n) is 7.57. The van der Waals surface area contributed by atoms with Crippen molar-refractivity contribution < 1.29 is 10.2 Å². The highest BCUT2D eigenvalue weighted by molar-refractivity contribution is 5.40. The van der Waals surface area contributed by atoms with Gasteiger partial charge in [-0.2, -0.15) is 0 Å². The number of phenols is 2. The fourth-order valence-corrected chi connectivity index (χ4v) is 2.84. The van der Waals surface area contributed by atoms with E-state index in [2.05, 4.69) is 17.1 Å². The van der Waals surface area contributed by atoms with Crippen molar-refractivity contribution in [1.82, 2.24) is 10.2 Å². The molecule has 3 N–H and O–H groups in total. The zero-order valence-electron chi connectivity index (χ0n) is 12.5. The van der Waals surface area contributed by atoms with Crippen LogP contribution in [0.25, 0.3) is 0 Å². The molecule has 0 spiro atoms. The van der Waals surface area contributed by atoms with Crippen LogP contribution in [0.1, 0.15) is 44.7 Å². The Morgan fingerprint density at radius 1 is 1.15 bits per heavy atom. The summed E-state index contributed by atoms with van der Waals surface area (Å²) in [5, 5.41) is 22.7. The van der Waals surface area contributed by atoms with Gasteiger partial charge in [0.05, 0.1) is 0 Å². The molecule has 0 bridgehead atoms. The highest BCUT2D eigenvalue weighted by Crippen LogP contribution is 2.27. The Morgan fingerprint density at radius 2 is 1.85 bits per heavy atom. The van der Waals surface area contributed by atoms with Gasteiger partial charge in [-0.15, -0.1) is 0 Å². The predicted octanol–water partition coefficient (Wildman–Crippen LogP) is 2.62. The summed E-state index contributed by atoms with van der Waals surface area (Å²) in [6, 6.07) is 5.36. The van der Waals surface area contributed by atoms with Gasteiger partial charge in [0, 0.05) is 30.3 Å². The second kappa shape index (κ2) is 6.95. The topological polar surface area (TPSA) is 55.7 Å². The first-order valence-corrected chi connectivity index (χ1v) is 7.57. The predicted molar refractivity (Wildman–Crippen MR) is 81.1 cm³/mol. The minimum absolute atomic E-state index is 0.0721. The molecule has 4 nitrogen and oxygen atoms in total. The quantitative estimate of drug-likeness (QED) is 0.775. The van der Waals surface area contributed by atoms with E-state index in [9.17, 15) is 10.2 Å². The molecule has 0 radical (unpaired) electrons. The Hall–Kier alpha value is -1.26. The Morgan fingerprint density at radius 3 is 2.50 bits per heavy atom. The number of piperidine rings is 1. The van der Waals surface area contributed by atoms with E-state index >= 15 is 0 Å². The van der Waals surface area contributed by atoms with E-state index in [0.717, 1.165) is 12.1 Å². The molecule has 2 unspecified atom stereocenters. The SMILES string of the molecule is CC(NCC(C)N1CCCCC1)c1ccc(O)cc1O. The summed E-state index contributed by atoms with van der Waals surface area (Å²) in [7, 11) is 0. The third-order valence-corrected chi connectivity index (χ3v) is 4.21. The van der Waals surface area contributed by atoms with E-state index in [0.29, 0.717) is 6.04 Å². The van der Waals surface area contributed by atoms with Gasteiger partial charge in [0.15, 0.2) is 0 Å². The summed E-state index contributed by atoms with van der Waals surface area (Å²) >= 11 is 0. The van der Waals surface area contributed by atoms with Gasteiger partial charge in [0.1, 0.15) is 11.5 Å². The first kappa shape index (κ1) is 15.1. The van der Waals surface area contributed by atoms with Crippen molar-refractivity contribution in [3.05, 3.63) is 23.8 Å². The third kappa shape index (κ3) is 3.87. The molecule has 0 saturated carbocycles. The van der Waals surface area contributed by atoms with E-state index in [1.54, 1.807) is 12.1 Å². The number of likely N-dealkylation sites (tertiary alicyclic amines) is 1. The van der Waals surface area contributed by atoms with Crippen molar-refractivity contribution >= 4 is 0 Å². The molecule has 1 aromatic rings. The standard InChI is InChI=1S/C16H26N2O2/c1-12(18-8-4-3-5-9-18)11-17-13(2)15-7-6-14(19)10-16(15)20/h6-7,10,12-13,17,19-20H,3-5,8-9,11H2,1-2H3. The molecule has 1 fully saturated rings. The lowest BCUT2D eigenvalue weighted by molar-refractivity contribution is 0.168. The molecule has 1 saturated heterocycles. The average molecular weight is 278 g/mol. The normalized spacial score (nSPS) is 19.7. The Balaban J connectivity index is 1.86. The van der Waals surface area contributed by atoms with Crippen LogP contribution in [0, 0.1) is 0 Å². The molecule has 2 atom stereocenters. The van der Waals surface area contributed by atoms with Gasteiger partial charge in [-0.1, -0.05) is 12.5 Å². The maximum Gasteiger partial charge on any atom is 0.124 e. The third-order valence-electron chi connectivity index (χ3n) is 4.21. The van der Waals surface area contributed by atoms with Crippen molar-refractivity contribution in [2.45, 2.75) is 45.2 Å². The molecule has 0 aromatic heterocycles. The molecular weight excluding hydrogens is 252 g/mol. The van der Waals surface area contributed by atoms with Crippen LogP contribution >= 0.6 is 0 Å². The fourth-order valence-electron chi connectivity index (χ4n) is 2.84. The van der Waals surface area contributed by atoms with Crippen LogP contribution in [0.15, 0.2) is 18.2 Å². The number of hydrogen-bond acceptors (Lipinski definition) is 4. The summed E-state index contributed by atoms with van der Waals surface area (Å²) in [5.41, 5.74) is 0.827. The first-order chi connectivity index (χ1) is 9.58. The summed E-state index contributed by atoms with van der Waals surface area (Å²) in [6.45, 7) is 7.58. The number of benzene rings is 1. The van der Waals surface area contributed by atoms with Crippen molar-refractivity contribution in [3.63, 3.8) is 0 Å². The largest absolute Gasteiger partial charge is 0.508 e. The van der Waals surface area contributed by atoms with Crippen LogP contribution in [-0.2, 0) is 0 Å². The molecule has 0 aliphatic carbocycles. The summed E-state index contributed by atoms with van der Waals surface area (Å²) in [5.74, 6) is 0.246. The number of hydrogen-bond donors (Lipinski definition) is 3. The Kier molecular flexibility index (Phi) is 5.26. The minimum atomic E-state index is 0.0721. The molecule has 112 valence electrons. The number of nitrogens with one attached hydrogen (secondary N) is 1. The number of nitrogens with zero attached hydrogens (tertiary/aromatic N) is 1. The maximum atomic E-state index is 9.87. The van der Waals surface area contributed by atoms with Gasteiger partial charge in [0.25, 0.3) is 0 Å². The molecule has 4 heteroatoms. The van der Waals surface area contributed by atoms with Crippen molar-refractivity contribution in [2.24, 2.45) is 0 Å². The van der Waals surface area contributed by atoms with Gasteiger partial charge in [-0.25, -0.2) is 0 Å². The Labute approximate surface area is 121 Å². The molecule has 0 amide bonds. The smallest absolute Gasteiger partial charge is 0.124 e. The second-order valence-electron chi connectivity index (χ2n) is 5.82. The van der Waals surface area contributed by atoms with Gasteiger partial charge in [-0.05, 0) is 45.8 Å². The summed E-state index contributed by atoms with van der Waals surface area (Å²) in [6.07, 6.45) is 3.96. The molecule has 1 aromatic carbocycles. The maximum absolute atomic E-state index is 9.87. The van der Waals surface area contributed by atoms with E-state index in [1.807, 2.05) is 6.92 Å². The van der Waals surface area contributed by atoms with E-state index < -0.39 is 0 Å². The van der Waals surface area contributed by atoms with Crippen LogP contribution < -0.4 is 5.32 Å². The van der Waals surface area contributed by atoms with Crippen LogP contribution in [0.3, 0.4) is 0 Å². The number of aromatic hydroxyl groups is 2. The lowest BCUT2D eigenvalue weighted by Crippen LogP contribution is -2.43. The summed E-state index contributed by atoms with van der Waals surface area (Å²) in [4.78, 5) is 2.53. The zero-order chi connectivity index (χ0) is 14.5. The molecule has 1 aliphatic heterocycles. The average Bonchev–Trinajstić information content (AvgIpc) is 2.45. The van der Waals surface area contributed by atoms with Crippen LogP contribution in [0.4, 0.5) is 0 Å². The lowest BCUT2D eigenvalue weighted by Gasteiger charge is -2.33. The van der Waals surface area contributed by atoms with E-state index in [1.165, 1.54) is 38.4 Å². The van der Waals surface area contributed by atoms with Gasteiger partial charge in [0.2, 0.25) is 0 Å². The second-order valence-corrected chi connectivity index (χ2v) is 5.82. The van der Waals surface area contributed by atoms with E-state index in [4.69, 9.17) is 0 Å². The summed E-state index contributed by atoms with van der Waals surface area (Å²) < 4.78 is 0. The molecule has 2 rings (SSSR count).